The monoisotopic (exact) mass is 367 g/mol. The smallest absolute Gasteiger partial charge is 0.308 e. The molecule has 1 saturated heterocycles. The third-order valence-corrected chi connectivity index (χ3v) is 5.11. The summed E-state index contributed by atoms with van der Waals surface area (Å²) in [6, 6.07) is 7.34. The zero-order valence-electron chi connectivity index (χ0n) is 12.1. The van der Waals surface area contributed by atoms with Crippen molar-refractivity contribution in [2.45, 2.75) is 12.8 Å². The Hall–Kier alpha value is -1.56. The van der Waals surface area contributed by atoms with Crippen LogP contribution in [0.15, 0.2) is 28.7 Å². The number of amides is 1. The van der Waals surface area contributed by atoms with Crippen molar-refractivity contribution in [1.29, 1.82) is 0 Å². The Morgan fingerprint density at radius 1 is 1.27 bits per heavy atom. The Labute approximate surface area is 137 Å². The van der Waals surface area contributed by atoms with E-state index < -0.39 is 11.9 Å². The van der Waals surface area contributed by atoms with Crippen LogP contribution in [0, 0.1) is 17.8 Å². The molecule has 1 aromatic rings. The van der Waals surface area contributed by atoms with E-state index >= 15 is 0 Å². The lowest BCUT2D eigenvalue weighted by Crippen LogP contribution is -2.34. The summed E-state index contributed by atoms with van der Waals surface area (Å²) in [5.74, 6) is -0.180. The Balaban J connectivity index is 1.59. The largest absolute Gasteiger partial charge is 0.483 e. The second-order valence-electron chi connectivity index (χ2n) is 5.96. The second kappa shape index (κ2) is 6.28. The minimum absolute atomic E-state index is 0.0632. The molecule has 1 amide bonds. The van der Waals surface area contributed by atoms with Crippen LogP contribution in [-0.2, 0) is 9.59 Å². The van der Waals surface area contributed by atoms with Crippen LogP contribution >= 0.6 is 15.9 Å². The summed E-state index contributed by atoms with van der Waals surface area (Å²) in [4.78, 5) is 25.3. The minimum atomic E-state index is -0.793. The highest BCUT2D eigenvalue weighted by Gasteiger charge is 2.46. The van der Waals surface area contributed by atoms with Crippen LogP contribution in [0.5, 0.6) is 5.75 Å². The maximum Gasteiger partial charge on any atom is 0.308 e. The van der Waals surface area contributed by atoms with Gasteiger partial charge in [0.15, 0.2) is 6.61 Å². The number of carbonyl (C=O) groups excluding carboxylic acids is 1. The van der Waals surface area contributed by atoms with Crippen LogP contribution in [-0.4, -0.2) is 41.6 Å². The molecule has 3 rings (SSSR count). The van der Waals surface area contributed by atoms with Gasteiger partial charge in [-0.15, -0.1) is 0 Å². The van der Waals surface area contributed by atoms with E-state index in [0.717, 1.165) is 17.3 Å². The molecule has 0 radical (unpaired) electrons. The standard InChI is InChI=1S/C16H18BrNO4/c17-13-3-1-2-4-14(13)22-9-15(19)18-7-11(10-5-6-10)12(8-18)16(20)21/h1-4,10-12H,5-9H2,(H,20,21)/t11-,12+/m1/s1. The Morgan fingerprint density at radius 3 is 2.64 bits per heavy atom. The van der Waals surface area contributed by atoms with Crippen molar-refractivity contribution in [3.05, 3.63) is 28.7 Å². The highest BCUT2D eigenvalue weighted by Crippen LogP contribution is 2.44. The van der Waals surface area contributed by atoms with Crippen molar-refractivity contribution in [2.24, 2.45) is 17.8 Å². The number of benzene rings is 1. The molecule has 1 N–H and O–H groups in total. The molecule has 2 atom stereocenters. The number of likely N-dealkylation sites (tertiary alicyclic amines) is 1. The Kier molecular flexibility index (Phi) is 4.38. The molecule has 0 aromatic heterocycles. The number of para-hydroxylation sites is 1. The van der Waals surface area contributed by atoms with Gasteiger partial charge >= 0.3 is 5.97 Å². The highest BCUT2D eigenvalue weighted by atomic mass is 79.9. The van der Waals surface area contributed by atoms with Crippen LogP contribution < -0.4 is 4.74 Å². The number of rotatable bonds is 5. The highest BCUT2D eigenvalue weighted by molar-refractivity contribution is 9.10. The van der Waals surface area contributed by atoms with E-state index in [0.29, 0.717) is 24.8 Å². The first-order chi connectivity index (χ1) is 10.6. The summed E-state index contributed by atoms with van der Waals surface area (Å²) in [7, 11) is 0. The molecule has 2 aliphatic rings. The predicted molar refractivity (Wildman–Crippen MR) is 83.6 cm³/mol. The van der Waals surface area contributed by atoms with Crippen LogP contribution in [0.4, 0.5) is 0 Å². The first-order valence-corrected chi connectivity index (χ1v) is 8.23. The van der Waals surface area contributed by atoms with Crippen molar-refractivity contribution < 1.29 is 19.4 Å². The summed E-state index contributed by atoms with van der Waals surface area (Å²) >= 11 is 3.37. The van der Waals surface area contributed by atoms with Gasteiger partial charge in [0.1, 0.15) is 5.75 Å². The molecular formula is C16H18BrNO4. The first kappa shape index (κ1) is 15.3. The number of ether oxygens (including phenoxy) is 1. The fraction of sp³-hybridized carbons (Fsp3) is 0.500. The van der Waals surface area contributed by atoms with E-state index in [-0.39, 0.29) is 18.4 Å². The van der Waals surface area contributed by atoms with Gasteiger partial charge in [-0.25, -0.2) is 0 Å². The van der Waals surface area contributed by atoms with Crippen molar-refractivity contribution in [3.8, 4) is 5.75 Å². The van der Waals surface area contributed by atoms with E-state index in [2.05, 4.69) is 15.9 Å². The molecular weight excluding hydrogens is 350 g/mol. The fourth-order valence-corrected chi connectivity index (χ4v) is 3.49. The topological polar surface area (TPSA) is 66.8 Å². The quantitative estimate of drug-likeness (QED) is 0.867. The number of hydrogen-bond acceptors (Lipinski definition) is 3. The number of hydrogen-bond donors (Lipinski definition) is 1. The van der Waals surface area contributed by atoms with Crippen molar-refractivity contribution in [2.75, 3.05) is 19.7 Å². The third kappa shape index (κ3) is 3.27. The lowest BCUT2D eigenvalue weighted by atomic mass is 9.92. The van der Waals surface area contributed by atoms with Gasteiger partial charge < -0.3 is 14.7 Å². The van der Waals surface area contributed by atoms with Gasteiger partial charge in [-0.3, -0.25) is 9.59 Å². The van der Waals surface area contributed by atoms with Gasteiger partial charge in [-0.1, -0.05) is 12.1 Å². The third-order valence-electron chi connectivity index (χ3n) is 4.45. The molecule has 1 aromatic carbocycles. The molecule has 5 nitrogen and oxygen atoms in total. The fourth-order valence-electron chi connectivity index (χ4n) is 3.09. The molecule has 1 aliphatic carbocycles. The Bertz CT molecular complexity index is 587. The maximum atomic E-state index is 12.3. The average Bonchev–Trinajstić information content (AvgIpc) is 3.24. The van der Waals surface area contributed by atoms with Crippen molar-refractivity contribution >= 4 is 27.8 Å². The number of halogens is 1. The summed E-state index contributed by atoms with van der Waals surface area (Å²) in [5.41, 5.74) is 0. The SMILES string of the molecule is O=C(O)[C@H]1CN(C(=O)COc2ccccc2Br)C[C@@H]1C1CC1. The molecule has 0 unspecified atom stereocenters. The number of aliphatic carboxylic acids is 1. The van der Waals surface area contributed by atoms with Crippen LogP contribution in [0.2, 0.25) is 0 Å². The van der Waals surface area contributed by atoms with Gasteiger partial charge in [-0.05, 0) is 52.7 Å². The number of carbonyl (C=O) groups is 2. The summed E-state index contributed by atoms with van der Waals surface area (Å²) in [5, 5.41) is 9.33. The first-order valence-electron chi connectivity index (χ1n) is 7.44. The van der Waals surface area contributed by atoms with E-state index in [1.165, 1.54) is 0 Å². The van der Waals surface area contributed by atoms with E-state index in [1.807, 2.05) is 18.2 Å². The molecule has 2 fully saturated rings. The zero-order valence-corrected chi connectivity index (χ0v) is 13.7. The van der Waals surface area contributed by atoms with Crippen molar-refractivity contribution in [1.82, 2.24) is 4.90 Å². The van der Waals surface area contributed by atoms with E-state index in [9.17, 15) is 14.7 Å². The van der Waals surface area contributed by atoms with Crippen molar-refractivity contribution in [3.63, 3.8) is 0 Å². The molecule has 1 saturated carbocycles. The zero-order chi connectivity index (χ0) is 15.7. The molecule has 6 heteroatoms. The van der Waals surface area contributed by atoms with Gasteiger partial charge in [-0.2, -0.15) is 0 Å². The molecule has 0 spiro atoms. The number of carboxylic acid groups (broad SMARTS) is 1. The Morgan fingerprint density at radius 2 is 2.00 bits per heavy atom. The normalized spacial score (nSPS) is 24.3. The molecule has 22 heavy (non-hydrogen) atoms. The van der Waals surface area contributed by atoms with Gasteiger partial charge in [0.05, 0.1) is 10.4 Å². The average molecular weight is 368 g/mol. The molecule has 0 bridgehead atoms. The minimum Gasteiger partial charge on any atom is -0.483 e. The lowest BCUT2D eigenvalue weighted by molar-refractivity contribution is -0.142. The van der Waals surface area contributed by atoms with Crippen LogP contribution in [0.3, 0.4) is 0 Å². The van der Waals surface area contributed by atoms with Crippen LogP contribution in [0.1, 0.15) is 12.8 Å². The summed E-state index contributed by atoms with van der Waals surface area (Å²) in [6.07, 6.45) is 2.17. The van der Waals surface area contributed by atoms with Crippen LogP contribution in [0.25, 0.3) is 0 Å². The maximum absolute atomic E-state index is 12.3. The second-order valence-corrected chi connectivity index (χ2v) is 6.82. The number of nitrogens with zero attached hydrogens (tertiary/aromatic N) is 1. The van der Waals surface area contributed by atoms with Gasteiger partial charge in [0.25, 0.3) is 5.91 Å². The summed E-state index contributed by atoms with van der Waals surface area (Å²) < 4.78 is 6.33. The van der Waals surface area contributed by atoms with Gasteiger partial charge in [0, 0.05) is 13.1 Å². The predicted octanol–water partition coefficient (Wildman–Crippen LogP) is 2.40. The molecule has 1 aliphatic heterocycles. The molecule has 118 valence electrons. The van der Waals surface area contributed by atoms with E-state index in [4.69, 9.17) is 4.74 Å². The number of carboxylic acids is 1. The van der Waals surface area contributed by atoms with E-state index in [1.54, 1.807) is 11.0 Å². The lowest BCUT2D eigenvalue weighted by Gasteiger charge is -2.17. The summed E-state index contributed by atoms with van der Waals surface area (Å²) in [6.45, 7) is 0.779. The molecule has 1 heterocycles. The van der Waals surface area contributed by atoms with Gasteiger partial charge in [0.2, 0.25) is 0 Å².